The first-order valence-corrected chi connectivity index (χ1v) is 10.5. The number of fused-ring (bicyclic) bond motifs is 1. The van der Waals surface area contributed by atoms with Crippen molar-refractivity contribution in [2.45, 2.75) is 26.2 Å². The number of amides is 1. The van der Waals surface area contributed by atoms with E-state index in [1.54, 1.807) is 67.6 Å². The SMILES string of the molecule is CC(=O)Oc1ccc(C2(c3ccc(OC(C)=O)cc3)C(=O)N(N)c3c2ccc(Cl)c3C)cc1. The van der Waals surface area contributed by atoms with Crippen LogP contribution >= 0.6 is 11.6 Å². The van der Waals surface area contributed by atoms with E-state index in [1.807, 2.05) is 0 Å². The zero-order valence-electron chi connectivity index (χ0n) is 18.2. The summed E-state index contributed by atoms with van der Waals surface area (Å²) < 4.78 is 10.3. The third kappa shape index (κ3) is 3.65. The number of hydrogen-bond donors (Lipinski definition) is 1. The van der Waals surface area contributed by atoms with Gasteiger partial charge in [-0.1, -0.05) is 41.9 Å². The van der Waals surface area contributed by atoms with E-state index in [-0.39, 0.29) is 5.91 Å². The topological polar surface area (TPSA) is 98.9 Å². The van der Waals surface area contributed by atoms with Crippen LogP contribution in [0.1, 0.15) is 36.1 Å². The highest BCUT2D eigenvalue weighted by Crippen LogP contribution is 2.51. The summed E-state index contributed by atoms with van der Waals surface area (Å²) in [6, 6.07) is 16.9. The van der Waals surface area contributed by atoms with Crippen LogP contribution in [0.5, 0.6) is 11.5 Å². The Balaban J connectivity index is 1.97. The Morgan fingerprint density at radius 1 is 0.848 bits per heavy atom. The van der Waals surface area contributed by atoms with Gasteiger partial charge < -0.3 is 9.47 Å². The maximum Gasteiger partial charge on any atom is 0.308 e. The standard InChI is InChI=1S/C25H21ClN2O5/c1-14-22(26)13-12-21-23(14)28(27)24(31)25(21,17-4-8-19(9-5-17)32-15(2)29)18-6-10-20(11-7-18)33-16(3)30/h4-13H,27H2,1-3H3. The molecule has 0 saturated heterocycles. The number of ether oxygens (including phenoxy) is 2. The zero-order valence-corrected chi connectivity index (χ0v) is 19.0. The Morgan fingerprint density at radius 2 is 1.30 bits per heavy atom. The van der Waals surface area contributed by atoms with Crippen LogP contribution in [0.3, 0.4) is 0 Å². The van der Waals surface area contributed by atoms with Crippen LogP contribution in [-0.4, -0.2) is 17.8 Å². The Bertz CT molecular complexity index is 1210. The highest BCUT2D eigenvalue weighted by atomic mass is 35.5. The van der Waals surface area contributed by atoms with E-state index in [0.717, 1.165) is 5.01 Å². The van der Waals surface area contributed by atoms with Gasteiger partial charge in [0.05, 0.1) is 5.69 Å². The third-order valence-corrected chi connectivity index (χ3v) is 6.06. The first-order chi connectivity index (χ1) is 15.7. The minimum Gasteiger partial charge on any atom is -0.427 e. The van der Waals surface area contributed by atoms with Crippen LogP contribution in [0.25, 0.3) is 0 Å². The summed E-state index contributed by atoms with van der Waals surface area (Å²) >= 11 is 6.34. The van der Waals surface area contributed by atoms with Gasteiger partial charge in [0, 0.05) is 24.4 Å². The van der Waals surface area contributed by atoms with Crippen molar-refractivity contribution in [2.24, 2.45) is 5.84 Å². The van der Waals surface area contributed by atoms with Gasteiger partial charge in [-0.15, -0.1) is 0 Å². The van der Waals surface area contributed by atoms with Crippen molar-refractivity contribution < 1.29 is 23.9 Å². The average molecular weight is 465 g/mol. The molecule has 33 heavy (non-hydrogen) atoms. The number of benzene rings is 3. The second-order valence-electron chi connectivity index (χ2n) is 7.73. The molecule has 0 fully saturated rings. The minimum absolute atomic E-state index is 0.356. The van der Waals surface area contributed by atoms with Crippen molar-refractivity contribution in [2.75, 3.05) is 5.01 Å². The summed E-state index contributed by atoms with van der Waals surface area (Å²) in [5, 5.41) is 1.61. The van der Waals surface area contributed by atoms with Gasteiger partial charge in [0.1, 0.15) is 16.9 Å². The Hall–Kier alpha value is -3.68. The van der Waals surface area contributed by atoms with E-state index in [1.165, 1.54) is 13.8 Å². The third-order valence-electron chi connectivity index (χ3n) is 5.65. The molecule has 2 N–H and O–H groups in total. The molecule has 1 aliphatic heterocycles. The van der Waals surface area contributed by atoms with Gasteiger partial charge in [0.25, 0.3) is 5.91 Å². The van der Waals surface area contributed by atoms with Crippen LogP contribution in [0.15, 0.2) is 60.7 Å². The van der Waals surface area contributed by atoms with E-state index in [9.17, 15) is 14.4 Å². The lowest BCUT2D eigenvalue weighted by molar-refractivity contribution is -0.132. The van der Waals surface area contributed by atoms with Gasteiger partial charge >= 0.3 is 11.9 Å². The lowest BCUT2D eigenvalue weighted by Gasteiger charge is -2.30. The van der Waals surface area contributed by atoms with Crippen LogP contribution < -0.4 is 20.3 Å². The molecule has 0 bridgehead atoms. The fourth-order valence-corrected chi connectivity index (χ4v) is 4.44. The fourth-order valence-electron chi connectivity index (χ4n) is 4.29. The molecule has 1 amide bonds. The molecule has 0 radical (unpaired) electrons. The predicted octanol–water partition coefficient (Wildman–Crippen LogP) is 4.05. The van der Waals surface area contributed by atoms with Crippen LogP contribution in [0, 0.1) is 6.92 Å². The molecule has 1 heterocycles. The van der Waals surface area contributed by atoms with Crippen molar-refractivity contribution >= 4 is 35.1 Å². The largest absolute Gasteiger partial charge is 0.427 e. The number of carbonyl (C=O) groups excluding carboxylic acids is 3. The zero-order chi connectivity index (χ0) is 23.9. The molecule has 7 nitrogen and oxygen atoms in total. The first-order valence-electron chi connectivity index (χ1n) is 10.1. The van der Waals surface area contributed by atoms with E-state index in [4.69, 9.17) is 26.9 Å². The molecule has 0 unspecified atom stereocenters. The normalized spacial score (nSPS) is 14.1. The summed E-state index contributed by atoms with van der Waals surface area (Å²) in [4.78, 5) is 36.5. The van der Waals surface area contributed by atoms with Crippen molar-refractivity contribution in [3.05, 3.63) is 87.9 Å². The summed E-state index contributed by atoms with van der Waals surface area (Å²) in [5.74, 6) is 5.74. The summed E-state index contributed by atoms with van der Waals surface area (Å²) in [6.45, 7) is 4.43. The minimum atomic E-state index is -1.29. The fraction of sp³-hybridized carbons (Fsp3) is 0.160. The number of hydrazine groups is 1. The van der Waals surface area contributed by atoms with Crippen LogP contribution in [0.4, 0.5) is 5.69 Å². The molecule has 3 aromatic carbocycles. The molecule has 3 aromatic rings. The average Bonchev–Trinajstić information content (AvgIpc) is 2.99. The van der Waals surface area contributed by atoms with Crippen molar-refractivity contribution in [1.29, 1.82) is 0 Å². The molecular formula is C25H21ClN2O5. The highest BCUT2D eigenvalue weighted by molar-refractivity contribution is 6.32. The Kier molecular flexibility index (Phi) is 5.69. The van der Waals surface area contributed by atoms with Gasteiger partial charge in [0.15, 0.2) is 0 Å². The number of carbonyl (C=O) groups is 3. The van der Waals surface area contributed by atoms with Gasteiger partial charge in [0.2, 0.25) is 0 Å². The van der Waals surface area contributed by atoms with Crippen molar-refractivity contribution in [3.63, 3.8) is 0 Å². The van der Waals surface area contributed by atoms with Crippen molar-refractivity contribution in [3.8, 4) is 11.5 Å². The number of esters is 2. The molecule has 0 aliphatic carbocycles. The Labute approximate surface area is 195 Å². The van der Waals surface area contributed by atoms with Gasteiger partial charge in [-0.05, 0) is 53.9 Å². The maximum absolute atomic E-state index is 13.9. The summed E-state index contributed by atoms with van der Waals surface area (Å²) in [5.41, 5.74) is 1.83. The number of nitrogens with zero attached hydrogens (tertiary/aromatic N) is 1. The molecule has 1 aliphatic rings. The van der Waals surface area contributed by atoms with E-state index >= 15 is 0 Å². The second-order valence-corrected chi connectivity index (χ2v) is 8.14. The molecule has 0 spiro atoms. The number of nitrogens with two attached hydrogens (primary N) is 1. The summed E-state index contributed by atoms with van der Waals surface area (Å²) in [7, 11) is 0. The van der Waals surface area contributed by atoms with E-state index in [2.05, 4.69) is 0 Å². The van der Waals surface area contributed by atoms with Gasteiger partial charge in [-0.2, -0.15) is 0 Å². The number of hydrogen-bond acceptors (Lipinski definition) is 6. The lowest BCUT2D eigenvalue weighted by Crippen LogP contribution is -2.45. The molecule has 4 rings (SSSR count). The van der Waals surface area contributed by atoms with Crippen molar-refractivity contribution in [1.82, 2.24) is 0 Å². The summed E-state index contributed by atoms with van der Waals surface area (Å²) in [6.07, 6.45) is 0. The molecule has 0 atom stereocenters. The first kappa shape index (κ1) is 22.5. The molecular weight excluding hydrogens is 444 g/mol. The smallest absolute Gasteiger partial charge is 0.308 e. The number of halogens is 1. The maximum atomic E-state index is 13.9. The van der Waals surface area contributed by atoms with E-state index < -0.39 is 17.4 Å². The molecule has 8 heteroatoms. The van der Waals surface area contributed by atoms with Crippen LogP contribution in [0.2, 0.25) is 5.02 Å². The second kappa shape index (κ2) is 8.35. The van der Waals surface area contributed by atoms with Crippen LogP contribution in [-0.2, 0) is 19.8 Å². The monoisotopic (exact) mass is 464 g/mol. The highest BCUT2D eigenvalue weighted by Gasteiger charge is 2.53. The number of rotatable bonds is 4. The predicted molar refractivity (Wildman–Crippen MR) is 123 cm³/mol. The number of anilines is 1. The molecule has 0 aromatic heterocycles. The lowest BCUT2D eigenvalue weighted by atomic mass is 9.70. The van der Waals surface area contributed by atoms with E-state index in [0.29, 0.717) is 44.5 Å². The Morgan fingerprint density at radius 3 is 1.73 bits per heavy atom. The van der Waals surface area contributed by atoms with Gasteiger partial charge in [-0.25, -0.2) is 10.9 Å². The molecule has 168 valence electrons. The van der Waals surface area contributed by atoms with Gasteiger partial charge in [-0.3, -0.25) is 14.4 Å². The molecule has 0 saturated carbocycles. The quantitative estimate of drug-likeness (QED) is 0.270.